The summed E-state index contributed by atoms with van der Waals surface area (Å²) in [6.45, 7) is 3.26. The zero-order valence-electron chi connectivity index (χ0n) is 34.8. The number of phenols is 2. The first-order valence-electron chi connectivity index (χ1n) is 20.8. The lowest BCUT2D eigenvalue weighted by atomic mass is 9.99. The van der Waals surface area contributed by atoms with Crippen molar-refractivity contribution in [3.05, 3.63) is 168 Å². The number of esters is 2. The van der Waals surface area contributed by atoms with Crippen molar-refractivity contribution < 1.29 is 38.7 Å². The van der Waals surface area contributed by atoms with Crippen LogP contribution in [0.15, 0.2) is 146 Å². The standard InChI is InChI=1S/C52H50O8S2/c1-35(57-43-29-31-45(47(53)33-43)51(61)41-25-21-39(22-26-41)37-15-9-7-10-16-37)59-49(55)19-13-5-3-4-6-14-20-50(56)60-36(2)58-44-30-32-46(48(54)34-44)52(62)42-27-23-40(24-28-42)38-17-11-8-12-18-38/h7-12,15-18,21-36,53-54H,3-6,13-14,19-20H2,1-2H3. The van der Waals surface area contributed by atoms with Gasteiger partial charge in [0.2, 0.25) is 12.6 Å². The van der Waals surface area contributed by atoms with E-state index in [1.807, 2.05) is 109 Å². The Bertz CT molecular complexity index is 2260. The molecular weight excluding hydrogens is 817 g/mol. The summed E-state index contributed by atoms with van der Waals surface area (Å²) < 4.78 is 22.4. The van der Waals surface area contributed by atoms with Crippen molar-refractivity contribution in [3.8, 4) is 45.3 Å². The molecule has 62 heavy (non-hydrogen) atoms. The Kier molecular flexibility index (Phi) is 16.4. The second-order valence-corrected chi connectivity index (χ2v) is 15.7. The van der Waals surface area contributed by atoms with E-state index in [-0.39, 0.29) is 36.3 Å². The number of phenolic OH excluding ortho intramolecular Hbond substituents is 2. The average molecular weight is 867 g/mol. The molecule has 0 aromatic heterocycles. The molecule has 2 atom stereocenters. The zero-order valence-corrected chi connectivity index (χ0v) is 36.5. The van der Waals surface area contributed by atoms with Crippen molar-refractivity contribution in [1.82, 2.24) is 0 Å². The number of thiocarbonyl (C=S) groups is 2. The molecule has 8 nitrogen and oxygen atoms in total. The highest BCUT2D eigenvalue weighted by atomic mass is 32.1. The third kappa shape index (κ3) is 13.1. The Morgan fingerprint density at radius 3 is 1.16 bits per heavy atom. The smallest absolute Gasteiger partial charge is 0.308 e. The third-order valence-corrected chi connectivity index (χ3v) is 11.1. The quantitative estimate of drug-likeness (QED) is 0.0238. The Hall–Kier alpha value is -6.36. The van der Waals surface area contributed by atoms with Crippen molar-refractivity contribution in [2.45, 2.75) is 77.8 Å². The largest absolute Gasteiger partial charge is 0.507 e. The summed E-state index contributed by atoms with van der Waals surface area (Å²) in [5.41, 5.74) is 7.02. The van der Waals surface area contributed by atoms with Crippen LogP contribution in [0.5, 0.6) is 23.0 Å². The van der Waals surface area contributed by atoms with E-state index >= 15 is 0 Å². The molecule has 0 heterocycles. The molecule has 0 amide bonds. The van der Waals surface area contributed by atoms with E-state index in [4.69, 9.17) is 43.4 Å². The molecule has 0 radical (unpaired) electrons. The number of aromatic hydroxyl groups is 2. The maximum atomic E-state index is 12.5. The Balaban J connectivity index is 0.815. The maximum absolute atomic E-state index is 12.5. The van der Waals surface area contributed by atoms with E-state index in [1.54, 1.807) is 38.1 Å². The van der Waals surface area contributed by atoms with Gasteiger partial charge in [0, 0.05) is 49.9 Å². The van der Waals surface area contributed by atoms with Gasteiger partial charge in [-0.15, -0.1) is 0 Å². The van der Waals surface area contributed by atoms with Gasteiger partial charge in [-0.1, -0.05) is 159 Å². The minimum atomic E-state index is -0.843. The Morgan fingerprint density at radius 2 is 0.806 bits per heavy atom. The fourth-order valence-electron chi connectivity index (χ4n) is 6.92. The number of hydrogen-bond acceptors (Lipinski definition) is 10. The number of carbonyl (C=O) groups excluding carboxylic acids is 2. The van der Waals surface area contributed by atoms with E-state index in [1.165, 1.54) is 12.1 Å². The fourth-order valence-corrected chi connectivity index (χ4v) is 7.54. The van der Waals surface area contributed by atoms with Crippen LogP contribution < -0.4 is 9.47 Å². The van der Waals surface area contributed by atoms with Gasteiger partial charge in [-0.05, 0) is 70.5 Å². The highest BCUT2D eigenvalue weighted by Gasteiger charge is 2.17. The molecular formula is C52H50O8S2. The summed E-state index contributed by atoms with van der Waals surface area (Å²) in [7, 11) is 0. The molecule has 0 fully saturated rings. The Labute approximate surface area is 374 Å². The summed E-state index contributed by atoms with van der Waals surface area (Å²) in [5.74, 6) is -0.0698. The van der Waals surface area contributed by atoms with Gasteiger partial charge in [-0.3, -0.25) is 9.59 Å². The molecule has 0 aliphatic carbocycles. The van der Waals surface area contributed by atoms with Crippen molar-refractivity contribution in [1.29, 1.82) is 0 Å². The van der Waals surface area contributed by atoms with Gasteiger partial charge in [-0.2, -0.15) is 0 Å². The minimum Gasteiger partial charge on any atom is -0.507 e. The van der Waals surface area contributed by atoms with Gasteiger partial charge in [0.25, 0.3) is 0 Å². The van der Waals surface area contributed by atoms with Gasteiger partial charge in [0.15, 0.2) is 0 Å². The molecule has 0 aliphatic rings. The van der Waals surface area contributed by atoms with Crippen LogP contribution >= 0.6 is 24.4 Å². The molecule has 0 bridgehead atoms. The topological polar surface area (TPSA) is 112 Å². The van der Waals surface area contributed by atoms with Crippen LogP contribution in [0, 0.1) is 0 Å². The fraction of sp³-hybridized carbons (Fsp3) is 0.231. The predicted octanol–water partition coefficient (Wildman–Crippen LogP) is 12.3. The zero-order chi connectivity index (χ0) is 43.8. The number of carbonyl (C=O) groups is 2. The molecule has 2 N–H and O–H groups in total. The summed E-state index contributed by atoms with van der Waals surface area (Å²) in [6.07, 6.45) is 3.71. The first-order valence-corrected chi connectivity index (χ1v) is 21.6. The van der Waals surface area contributed by atoms with Crippen LogP contribution in [0.1, 0.15) is 87.5 Å². The normalized spacial score (nSPS) is 11.8. The predicted molar refractivity (Wildman–Crippen MR) is 251 cm³/mol. The van der Waals surface area contributed by atoms with Gasteiger partial charge in [0.1, 0.15) is 23.0 Å². The van der Waals surface area contributed by atoms with Crippen molar-refractivity contribution in [2.75, 3.05) is 0 Å². The summed E-state index contributed by atoms with van der Waals surface area (Å²) in [6, 6.07) is 45.6. The summed E-state index contributed by atoms with van der Waals surface area (Å²) >= 11 is 11.3. The molecule has 10 heteroatoms. The van der Waals surface area contributed by atoms with E-state index in [0.717, 1.165) is 59.1 Å². The summed E-state index contributed by atoms with van der Waals surface area (Å²) in [4.78, 5) is 25.9. The second-order valence-electron chi connectivity index (χ2n) is 14.9. The number of ether oxygens (including phenoxy) is 4. The second kappa shape index (κ2) is 22.5. The van der Waals surface area contributed by atoms with Gasteiger partial charge in [0.05, 0.1) is 9.73 Å². The lowest BCUT2D eigenvalue weighted by Gasteiger charge is -2.16. The highest BCUT2D eigenvalue weighted by Crippen LogP contribution is 2.30. The molecule has 6 rings (SSSR count). The average Bonchev–Trinajstić information content (AvgIpc) is 3.27. The van der Waals surface area contributed by atoms with Crippen LogP contribution in [-0.4, -0.2) is 44.5 Å². The van der Waals surface area contributed by atoms with E-state index in [2.05, 4.69) is 0 Å². The lowest BCUT2D eigenvalue weighted by molar-refractivity contribution is -0.162. The van der Waals surface area contributed by atoms with Gasteiger partial charge >= 0.3 is 11.9 Å². The molecule has 0 aliphatic heterocycles. The molecule has 0 saturated heterocycles. The number of benzene rings is 6. The van der Waals surface area contributed by atoms with Crippen LogP contribution in [-0.2, 0) is 19.1 Å². The van der Waals surface area contributed by atoms with Crippen LogP contribution in [0.3, 0.4) is 0 Å². The molecule has 0 saturated carbocycles. The molecule has 0 spiro atoms. The number of unbranched alkanes of at least 4 members (excludes halogenated alkanes) is 5. The van der Waals surface area contributed by atoms with Crippen LogP contribution in [0.2, 0.25) is 0 Å². The first-order chi connectivity index (χ1) is 30.0. The molecule has 318 valence electrons. The van der Waals surface area contributed by atoms with E-state index in [0.29, 0.717) is 45.2 Å². The highest BCUT2D eigenvalue weighted by molar-refractivity contribution is 7.81. The van der Waals surface area contributed by atoms with Crippen molar-refractivity contribution >= 4 is 46.1 Å². The monoisotopic (exact) mass is 866 g/mol. The van der Waals surface area contributed by atoms with Gasteiger partial charge < -0.3 is 29.2 Å². The number of hydrogen-bond donors (Lipinski definition) is 2. The van der Waals surface area contributed by atoms with Gasteiger partial charge in [-0.25, -0.2) is 0 Å². The van der Waals surface area contributed by atoms with Crippen LogP contribution in [0.4, 0.5) is 0 Å². The summed E-state index contributed by atoms with van der Waals surface area (Å²) in [5, 5.41) is 21.5. The first kappa shape index (κ1) is 45.2. The number of rotatable bonds is 21. The SMILES string of the molecule is CC(OC(=O)CCCCCCCCC(=O)OC(C)Oc1ccc(C(=S)c2ccc(-c3ccccc3)cc2)c(O)c1)Oc1ccc(C(=S)c2ccc(-c3ccccc3)cc2)c(O)c1. The lowest BCUT2D eigenvalue weighted by Crippen LogP contribution is -2.20. The molecule has 6 aromatic rings. The third-order valence-electron chi connectivity index (χ3n) is 10.1. The molecule has 2 unspecified atom stereocenters. The maximum Gasteiger partial charge on any atom is 0.308 e. The van der Waals surface area contributed by atoms with Crippen molar-refractivity contribution in [3.63, 3.8) is 0 Å². The van der Waals surface area contributed by atoms with Crippen LogP contribution in [0.25, 0.3) is 22.3 Å². The Morgan fingerprint density at radius 1 is 0.468 bits per heavy atom. The minimum absolute atomic E-state index is 0.0261. The van der Waals surface area contributed by atoms with E-state index in [9.17, 15) is 19.8 Å². The van der Waals surface area contributed by atoms with E-state index < -0.39 is 12.6 Å². The molecule has 6 aromatic carbocycles. The van der Waals surface area contributed by atoms with Crippen molar-refractivity contribution in [2.24, 2.45) is 0 Å².